The van der Waals surface area contributed by atoms with Gasteiger partial charge in [0, 0.05) is 16.6 Å². The Bertz CT molecular complexity index is 478. The SMILES string of the molecule is O=C(NCC1CCC(C(=O)O)CC1)c1ccc(Br)cc1. The zero-order valence-corrected chi connectivity index (χ0v) is 12.7. The van der Waals surface area contributed by atoms with Crippen LogP contribution in [0.15, 0.2) is 28.7 Å². The third-order valence-electron chi connectivity index (χ3n) is 3.85. The van der Waals surface area contributed by atoms with E-state index in [1.165, 1.54) is 0 Å². The van der Waals surface area contributed by atoms with E-state index in [1.54, 1.807) is 12.1 Å². The van der Waals surface area contributed by atoms with Gasteiger partial charge in [-0.15, -0.1) is 0 Å². The van der Waals surface area contributed by atoms with Gasteiger partial charge in [0.25, 0.3) is 5.91 Å². The summed E-state index contributed by atoms with van der Waals surface area (Å²) in [6, 6.07) is 7.24. The maximum atomic E-state index is 12.0. The third kappa shape index (κ3) is 4.07. The minimum atomic E-state index is -0.692. The van der Waals surface area contributed by atoms with Gasteiger partial charge in [-0.05, 0) is 55.9 Å². The molecule has 4 nitrogen and oxygen atoms in total. The van der Waals surface area contributed by atoms with Gasteiger partial charge in [0.15, 0.2) is 0 Å². The molecule has 0 unspecified atom stereocenters. The molecule has 108 valence electrons. The number of carbonyl (C=O) groups excluding carboxylic acids is 1. The van der Waals surface area contributed by atoms with E-state index < -0.39 is 5.97 Å². The highest BCUT2D eigenvalue weighted by Crippen LogP contribution is 2.28. The number of rotatable bonds is 4. The van der Waals surface area contributed by atoms with Crippen LogP contribution in [-0.2, 0) is 4.79 Å². The number of amides is 1. The maximum Gasteiger partial charge on any atom is 0.306 e. The van der Waals surface area contributed by atoms with Gasteiger partial charge in [-0.3, -0.25) is 9.59 Å². The molecule has 1 amide bonds. The molecule has 0 bridgehead atoms. The lowest BCUT2D eigenvalue weighted by Gasteiger charge is -2.26. The Balaban J connectivity index is 1.77. The van der Waals surface area contributed by atoms with Crippen LogP contribution in [0.25, 0.3) is 0 Å². The van der Waals surface area contributed by atoms with Crippen LogP contribution in [0.2, 0.25) is 0 Å². The molecule has 1 aromatic rings. The Labute approximate surface area is 126 Å². The summed E-state index contributed by atoms with van der Waals surface area (Å²) < 4.78 is 0.945. The second-order valence-corrected chi connectivity index (χ2v) is 6.19. The number of carboxylic acid groups (broad SMARTS) is 1. The lowest BCUT2D eigenvalue weighted by atomic mass is 9.82. The van der Waals surface area contributed by atoms with Crippen LogP contribution in [0.3, 0.4) is 0 Å². The molecule has 1 aliphatic carbocycles. The molecule has 0 heterocycles. The van der Waals surface area contributed by atoms with E-state index in [0.29, 0.717) is 30.9 Å². The standard InChI is InChI=1S/C15H18BrNO3/c16-13-7-5-11(6-8-13)14(18)17-9-10-1-3-12(4-2-10)15(19)20/h5-8,10,12H,1-4,9H2,(H,17,18)(H,19,20). The lowest BCUT2D eigenvalue weighted by molar-refractivity contribution is -0.143. The van der Waals surface area contributed by atoms with E-state index in [2.05, 4.69) is 21.2 Å². The van der Waals surface area contributed by atoms with Crippen molar-refractivity contribution in [1.82, 2.24) is 5.32 Å². The molecule has 0 atom stereocenters. The monoisotopic (exact) mass is 339 g/mol. The summed E-state index contributed by atoms with van der Waals surface area (Å²) >= 11 is 3.33. The van der Waals surface area contributed by atoms with Crippen LogP contribution in [-0.4, -0.2) is 23.5 Å². The molecule has 2 N–H and O–H groups in total. The molecule has 1 fully saturated rings. The summed E-state index contributed by atoms with van der Waals surface area (Å²) in [4.78, 5) is 22.8. The van der Waals surface area contributed by atoms with Crippen LogP contribution < -0.4 is 5.32 Å². The molecular weight excluding hydrogens is 322 g/mol. The number of benzene rings is 1. The van der Waals surface area contributed by atoms with Gasteiger partial charge in [0.1, 0.15) is 0 Å². The van der Waals surface area contributed by atoms with E-state index in [-0.39, 0.29) is 11.8 Å². The minimum absolute atomic E-state index is 0.0714. The summed E-state index contributed by atoms with van der Waals surface area (Å²) in [5, 5.41) is 11.9. The van der Waals surface area contributed by atoms with Crippen molar-refractivity contribution < 1.29 is 14.7 Å². The highest BCUT2D eigenvalue weighted by atomic mass is 79.9. The first kappa shape index (κ1) is 15.0. The van der Waals surface area contributed by atoms with Crippen LogP contribution >= 0.6 is 15.9 Å². The average molecular weight is 340 g/mol. The fraction of sp³-hybridized carbons (Fsp3) is 0.467. The highest BCUT2D eigenvalue weighted by Gasteiger charge is 2.25. The molecule has 0 radical (unpaired) electrons. The fourth-order valence-corrected chi connectivity index (χ4v) is 2.82. The zero-order chi connectivity index (χ0) is 14.5. The molecule has 1 saturated carbocycles. The maximum absolute atomic E-state index is 12.0. The van der Waals surface area contributed by atoms with E-state index >= 15 is 0 Å². The molecule has 0 aromatic heterocycles. The van der Waals surface area contributed by atoms with Gasteiger partial charge in [-0.2, -0.15) is 0 Å². The van der Waals surface area contributed by atoms with Gasteiger partial charge < -0.3 is 10.4 Å². The predicted octanol–water partition coefficient (Wildman–Crippen LogP) is 3.07. The van der Waals surface area contributed by atoms with Crippen LogP contribution in [0.5, 0.6) is 0 Å². The molecule has 0 saturated heterocycles. The Morgan fingerprint density at radius 3 is 2.30 bits per heavy atom. The zero-order valence-electron chi connectivity index (χ0n) is 11.1. The number of halogens is 1. The number of carbonyl (C=O) groups is 2. The molecule has 0 spiro atoms. The van der Waals surface area contributed by atoms with E-state index in [0.717, 1.165) is 17.3 Å². The molecule has 20 heavy (non-hydrogen) atoms. The van der Waals surface area contributed by atoms with E-state index in [9.17, 15) is 9.59 Å². The van der Waals surface area contributed by atoms with Gasteiger partial charge in [0.05, 0.1) is 5.92 Å². The second kappa shape index (κ2) is 6.88. The molecule has 1 aliphatic rings. The molecule has 5 heteroatoms. The highest BCUT2D eigenvalue weighted by molar-refractivity contribution is 9.10. The average Bonchev–Trinajstić information content (AvgIpc) is 2.46. The van der Waals surface area contributed by atoms with Gasteiger partial charge >= 0.3 is 5.97 Å². The Hall–Kier alpha value is -1.36. The molecule has 1 aromatic carbocycles. The largest absolute Gasteiger partial charge is 0.481 e. The number of aliphatic carboxylic acids is 1. The Morgan fingerprint density at radius 2 is 1.75 bits per heavy atom. The van der Waals surface area contributed by atoms with Crippen molar-refractivity contribution in [3.63, 3.8) is 0 Å². The fourth-order valence-electron chi connectivity index (χ4n) is 2.55. The van der Waals surface area contributed by atoms with Crippen molar-refractivity contribution in [2.75, 3.05) is 6.54 Å². The van der Waals surface area contributed by atoms with Crippen molar-refractivity contribution in [2.45, 2.75) is 25.7 Å². The smallest absolute Gasteiger partial charge is 0.306 e. The summed E-state index contributed by atoms with van der Waals surface area (Å²) in [6.07, 6.45) is 3.18. The first-order valence-corrected chi connectivity index (χ1v) is 7.62. The summed E-state index contributed by atoms with van der Waals surface area (Å²) in [7, 11) is 0. The van der Waals surface area contributed by atoms with Gasteiger partial charge in [0.2, 0.25) is 0 Å². The third-order valence-corrected chi connectivity index (χ3v) is 4.38. The number of carboxylic acids is 1. The first-order chi connectivity index (χ1) is 9.56. The van der Waals surface area contributed by atoms with Crippen molar-refractivity contribution in [3.05, 3.63) is 34.3 Å². The van der Waals surface area contributed by atoms with Gasteiger partial charge in [-0.25, -0.2) is 0 Å². The summed E-state index contributed by atoms with van der Waals surface area (Å²) in [5.41, 5.74) is 0.646. The lowest BCUT2D eigenvalue weighted by Crippen LogP contribution is -2.32. The Kier molecular flexibility index (Phi) is 5.17. The quantitative estimate of drug-likeness (QED) is 0.885. The second-order valence-electron chi connectivity index (χ2n) is 5.27. The van der Waals surface area contributed by atoms with Crippen LogP contribution in [0.4, 0.5) is 0 Å². The number of nitrogens with one attached hydrogen (secondary N) is 1. The summed E-state index contributed by atoms with van der Waals surface area (Å²) in [5.74, 6) is -0.571. The van der Waals surface area contributed by atoms with Crippen LogP contribution in [0, 0.1) is 11.8 Å². The number of hydrogen-bond acceptors (Lipinski definition) is 2. The molecular formula is C15H18BrNO3. The van der Waals surface area contributed by atoms with E-state index in [4.69, 9.17) is 5.11 Å². The van der Waals surface area contributed by atoms with Crippen molar-refractivity contribution in [3.8, 4) is 0 Å². The minimum Gasteiger partial charge on any atom is -0.481 e. The number of hydrogen-bond donors (Lipinski definition) is 2. The van der Waals surface area contributed by atoms with Crippen molar-refractivity contribution in [1.29, 1.82) is 0 Å². The normalized spacial score (nSPS) is 22.2. The topological polar surface area (TPSA) is 66.4 Å². The van der Waals surface area contributed by atoms with Crippen LogP contribution in [0.1, 0.15) is 36.0 Å². The Morgan fingerprint density at radius 1 is 1.15 bits per heavy atom. The first-order valence-electron chi connectivity index (χ1n) is 6.83. The van der Waals surface area contributed by atoms with Crippen molar-refractivity contribution in [2.24, 2.45) is 11.8 Å². The molecule has 2 rings (SSSR count). The van der Waals surface area contributed by atoms with Crippen molar-refractivity contribution >= 4 is 27.8 Å². The molecule has 0 aliphatic heterocycles. The van der Waals surface area contributed by atoms with E-state index in [1.807, 2.05) is 12.1 Å². The predicted molar refractivity (Wildman–Crippen MR) is 79.6 cm³/mol. The van der Waals surface area contributed by atoms with Gasteiger partial charge in [-0.1, -0.05) is 15.9 Å². The summed E-state index contributed by atoms with van der Waals surface area (Å²) in [6.45, 7) is 0.626.